The van der Waals surface area contributed by atoms with Gasteiger partial charge in [0.05, 0.1) is 22.0 Å². The van der Waals surface area contributed by atoms with Crippen molar-refractivity contribution in [2.75, 3.05) is 6.61 Å². The summed E-state index contributed by atoms with van der Waals surface area (Å²) in [5.41, 5.74) is 1.23. The van der Waals surface area contributed by atoms with Crippen LogP contribution in [-0.2, 0) is 26.2 Å². The number of halogens is 1. The fourth-order valence-electron chi connectivity index (χ4n) is 2.76. The third-order valence-corrected chi connectivity index (χ3v) is 4.80. The molecule has 2 aromatic carbocycles. The number of carbonyl (C=O) groups is 1. The van der Waals surface area contributed by atoms with E-state index in [4.69, 9.17) is 16.3 Å². The molecular formula is C16H14ClNO5S. The third-order valence-electron chi connectivity index (χ3n) is 3.68. The molecular weight excluding hydrogens is 354 g/mol. The number of para-hydroxylation sites is 1. The molecule has 0 unspecified atom stereocenters. The van der Waals surface area contributed by atoms with E-state index in [-0.39, 0.29) is 23.1 Å². The fourth-order valence-corrected chi connectivity index (χ4v) is 3.68. The predicted octanol–water partition coefficient (Wildman–Crippen LogP) is 3.26. The van der Waals surface area contributed by atoms with E-state index in [9.17, 15) is 17.8 Å². The Hall–Kier alpha value is -2.09. The molecule has 1 N–H and O–H groups in total. The molecule has 1 heterocycles. The first-order valence-corrected chi connectivity index (χ1v) is 8.98. The maximum Gasteiger partial charge on any atom is 0.325 e. The molecule has 8 heteroatoms. The van der Waals surface area contributed by atoms with Gasteiger partial charge in [-0.3, -0.25) is 9.35 Å². The highest BCUT2D eigenvalue weighted by molar-refractivity contribution is 7.85. The van der Waals surface area contributed by atoms with E-state index in [0.29, 0.717) is 10.9 Å². The fraction of sp³-hybridized carbons (Fsp3) is 0.188. The normalized spacial score (nSPS) is 12.0. The lowest BCUT2D eigenvalue weighted by Gasteiger charge is -2.08. The van der Waals surface area contributed by atoms with Gasteiger partial charge in [-0.1, -0.05) is 29.8 Å². The van der Waals surface area contributed by atoms with Crippen LogP contribution in [0.5, 0.6) is 0 Å². The molecule has 3 rings (SSSR count). The van der Waals surface area contributed by atoms with Crippen molar-refractivity contribution in [2.45, 2.75) is 18.4 Å². The lowest BCUT2D eigenvalue weighted by Crippen LogP contribution is -2.13. The van der Waals surface area contributed by atoms with Crippen molar-refractivity contribution in [3.05, 3.63) is 41.4 Å². The minimum atomic E-state index is -4.39. The van der Waals surface area contributed by atoms with Gasteiger partial charge >= 0.3 is 5.97 Å². The van der Waals surface area contributed by atoms with Gasteiger partial charge in [0.1, 0.15) is 6.54 Å². The Morgan fingerprint density at radius 2 is 1.96 bits per heavy atom. The third kappa shape index (κ3) is 2.86. The van der Waals surface area contributed by atoms with Gasteiger partial charge < -0.3 is 9.30 Å². The van der Waals surface area contributed by atoms with Crippen molar-refractivity contribution >= 4 is 49.5 Å². The van der Waals surface area contributed by atoms with E-state index >= 15 is 0 Å². The Morgan fingerprint density at radius 1 is 1.25 bits per heavy atom. The van der Waals surface area contributed by atoms with Crippen LogP contribution in [-0.4, -0.2) is 30.1 Å². The quantitative estimate of drug-likeness (QED) is 0.565. The molecule has 24 heavy (non-hydrogen) atoms. The first-order valence-electron chi connectivity index (χ1n) is 7.16. The predicted molar refractivity (Wildman–Crippen MR) is 90.9 cm³/mol. The standard InChI is InChI=1S/C16H14ClNO5S/c1-2-23-15(19)9-18-14-6-4-3-5-11(14)12-7-10(24(20,21)22)8-13(17)16(12)18/h3-8H,2,9H2,1H3,(H,20,21,22). The molecule has 3 aromatic rings. The number of hydrogen-bond acceptors (Lipinski definition) is 4. The number of esters is 1. The first kappa shape index (κ1) is 16.8. The summed E-state index contributed by atoms with van der Waals surface area (Å²) in [5, 5.41) is 1.39. The van der Waals surface area contributed by atoms with Crippen LogP contribution in [0.4, 0.5) is 0 Å². The molecule has 0 amide bonds. The minimum absolute atomic E-state index is 0.0528. The van der Waals surface area contributed by atoms with Crippen LogP contribution in [0.25, 0.3) is 21.8 Å². The number of hydrogen-bond donors (Lipinski definition) is 1. The largest absolute Gasteiger partial charge is 0.465 e. The molecule has 0 atom stereocenters. The van der Waals surface area contributed by atoms with Gasteiger partial charge in [-0.05, 0) is 25.1 Å². The van der Waals surface area contributed by atoms with Gasteiger partial charge in [0.15, 0.2) is 0 Å². The second kappa shape index (κ2) is 6.08. The van der Waals surface area contributed by atoms with E-state index in [0.717, 1.165) is 10.9 Å². The van der Waals surface area contributed by atoms with Crippen molar-refractivity contribution in [1.29, 1.82) is 0 Å². The average molecular weight is 368 g/mol. The number of rotatable bonds is 4. The molecule has 0 saturated carbocycles. The van der Waals surface area contributed by atoms with Gasteiger partial charge in [0.2, 0.25) is 0 Å². The molecule has 0 spiro atoms. The van der Waals surface area contributed by atoms with Crippen LogP contribution < -0.4 is 0 Å². The molecule has 0 aliphatic rings. The monoisotopic (exact) mass is 367 g/mol. The molecule has 0 aliphatic carbocycles. The van der Waals surface area contributed by atoms with Gasteiger partial charge in [-0.2, -0.15) is 8.42 Å². The second-order valence-electron chi connectivity index (χ2n) is 5.18. The lowest BCUT2D eigenvalue weighted by molar-refractivity contribution is -0.143. The van der Waals surface area contributed by atoms with E-state index in [1.165, 1.54) is 12.1 Å². The Bertz CT molecular complexity index is 1060. The molecule has 0 radical (unpaired) electrons. The van der Waals surface area contributed by atoms with Crippen LogP contribution in [0.2, 0.25) is 5.02 Å². The summed E-state index contributed by atoms with van der Waals surface area (Å²) in [4.78, 5) is 11.6. The van der Waals surface area contributed by atoms with E-state index in [1.807, 2.05) is 0 Å². The molecule has 126 valence electrons. The Labute approximate surface area is 143 Å². The number of benzene rings is 2. The van der Waals surface area contributed by atoms with E-state index < -0.39 is 16.1 Å². The summed E-state index contributed by atoms with van der Waals surface area (Å²) in [6, 6.07) is 9.71. The molecule has 0 saturated heterocycles. The Balaban J connectivity index is 2.36. The van der Waals surface area contributed by atoms with Crippen molar-refractivity contribution in [1.82, 2.24) is 4.57 Å². The van der Waals surface area contributed by atoms with Crippen LogP contribution in [0.15, 0.2) is 41.3 Å². The first-order chi connectivity index (χ1) is 11.3. The smallest absolute Gasteiger partial charge is 0.325 e. The SMILES string of the molecule is CCOC(=O)Cn1c2ccccc2c2cc(S(=O)(=O)O)cc(Cl)c21. The summed E-state index contributed by atoms with van der Waals surface area (Å²) in [7, 11) is -4.39. The number of nitrogens with zero attached hydrogens (tertiary/aromatic N) is 1. The van der Waals surface area contributed by atoms with Crippen molar-refractivity contribution < 1.29 is 22.5 Å². The van der Waals surface area contributed by atoms with Crippen molar-refractivity contribution in [3.8, 4) is 0 Å². The van der Waals surface area contributed by atoms with E-state index in [2.05, 4.69) is 0 Å². The second-order valence-corrected chi connectivity index (χ2v) is 7.01. The topological polar surface area (TPSA) is 85.6 Å². The zero-order valence-corrected chi connectivity index (χ0v) is 14.3. The van der Waals surface area contributed by atoms with Gasteiger partial charge in [-0.25, -0.2) is 0 Å². The van der Waals surface area contributed by atoms with Crippen molar-refractivity contribution in [3.63, 3.8) is 0 Å². The molecule has 6 nitrogen and oxygen atoms in total. The van der Waals surface area contributed by atoms with Crippen LogP contribution in [0, 0.1) is 0 Å². The highest BCUT2D eigenvalue weighted by Crippen LogP contribution is 2.35. The van der Waals surface area contributed by atoms with E-state index in [1.54, 1.807) is 35.8 Å². The number of carbonyl (C=O) groups excluding carboxylic acids is 1. The number of aromatic nitrogens is 1. The minimum Gasteiger partial charge on any atom is -0.465 e. The molecule has 1 aromatic heterocycles. The zero-order valence-electron chi connectivity index (χ0n) is 12.7. The molecule has 0 bridgehead atoms. The molecule has 0 aliphatic heterocycles. The summed E-state index contributed by atoms with van der Waals surface area (Å²) in [6.07, 6.45) is 0. The van der Waals surface area contributed by atoms with Gasteiger partial charge in [0.25, 0.3) is 10.1 Å². The van der Waals surface area contributed by atoms with Crippen LogP contribution in [0.1, 0.15) is 6.92 Å². The number of fused-ring (bicyclic) bond motifs is 3. The Morgan fingerprint density at radius 3 is 2.62 bits per heavy atom. The molecule has 0 fully saturated rings. The highest BCUT2D eigenvalue weighted by Gasteiger charge is 2.20. The summed E-state index contributed by atoms with van der Waals surface area (Å²) in [6.45, 7) is 1.93. The summed E-state index contributed by atoms with van der Waals surface area (Å²) in [5.74, 6) is -0.421. The van der Waals surface area contributed by atoms with Gasteiger partial charge in [0, 0.05) is 16.3 Å². The highest BCUT2D eigenvalue weighted by atomic mass is 35.5. The summed E-state index contributed by atoms with van der Waals surface area (Å²) < 4.78 is 38.9. The Kier molecular flexibility index (Phi) is 4.25. The maximum atomic E-state index is 11.9. The van der Waals surface area contributed by atoms with Gasteiger partial charge in [-0.15, -0.1) is 0 Å². The summed E-state index contributed by atoms with van der Waals surface area (Å²) >= 11 is 6.26. The average Bonchev–Trinajstić information content (AvgIpc) is 2.82. The number of ether oxygens (including phenoxy) is 1. The lowest BCUT2D eigenvalue weighted by atomic mass is 10.1. The van der Waals surface area contributed by atoms with Crippen LogP contribution >= 0.6 is 11.6 Å². The van der Waals surface area contributed by atoms with Crippen LogP contribution in [0.3, 0.4) is 0 Å². The zero-order chi connectivity index (χ0) is 17.5. The maximum absolute atomic E-state index is 11.9. The van der Waals surface area contributed by atoms with Crippen molar-refractivity contribution in [2.24, 2.45) is 0 Å².